The van der Waals surface area contributed by atoms with Gasteiger partial charge in [-0.25, -0.2) is 0 Å². The highest BCUT2D eigenvalue weighted by atomic mass is 32.2. The van der Waals surface area contributed by atoms with Crippen molar-refractivity contribution in [2.45, 2.75) is 129 Å². The van der Waals surface area contributed by atoms with Crippen LogP contribution >= 0.6 is 11.8 Å². The summed E-state index contributed by atoms with van der Waals surface area (Å²) in [5, 5.41) is 8.53. The molecule has 0 N–H and O–H groups in total. The highest BCUT2D eigenvalue weighted by Crippen LogP contribution is 2.21. The number of benzene rings is 2. The molecule has 39 heavy (non-hydrogen) atoms. The van der Waals surface area contributed by atoms with Gasteiger partial charge in [0.2, 0.25) is 0 Å². The molecule has 0 unspecified atom stereocenters. The molecule has 0 aliphatic rings. The summed E-state index contributed by atoms with van der Waals surface area (Å²) in [6.07, 6.45) is 26.6. The van der Waals surface area contributed by atoms with Crippen LogP contribution in [-0.4, -0.2) is 18.1 Å². The van der Waals surface area contributed by atoms with Gasteiger partial charge in [-0.1, -0.05) is 128 Å². The summed E-state index contributed by atoms with van der Waals surface area (Å²) in [5.41, 5.74) is 1.70. The van der Waals surface area contributed by atoms with Crippen molar-refractivity contribution in [2.24, 2.45) is 10.2 Å². The lowest BCUT2D eigenvalue weighted by Crippen LogP contribution is -1.96. The van der Waals surface area contributed by atoms with Crippen molar-refractivity contribution in [2.75, 3.05) is 18.1 Å². The molecule has 0 aliphatic carbocycles. The first-order valence-corrected chi connectivity index (χ1v) is 17.3. The molecule has 0 heterocycles. The molecule has 0 fully saturated rings. The van der Waals surface area contributed by atoms with Crippen LogP contribution in [0.1, 0.15) is 129 Å². The van der Waals surface area contributed by atoms with Crippen LogP contribution in [0, 0.1) is 0 Å². The van der Waals surface area contributed by atoms with E-state index in [1.165, 1.54) is 127 Å². The number of rotatable bonds is 26. The van der Waals surface area contributed by atoms with Crippen molar-refractivity contribution in [1.29, 1.82) is 0 Å². The molecule has 0 atom stereocenters. The summed E-state index contributed by atoms with van der Waals surface area (Å²) in [6, 6.07) is 17.7. The predicted molar refractivity (Wildman–Crippen MR) is 173 cm³/mol. The molecule has 0 spiro atoms. The Bertz CT molecular complexity index is 809. The molecule has 0 aromatic heterocycles. The second kappa shape index (κ2) is 25.2. The first-order chi connectivity index (χ1) is 19.4. The van der Waals surface area contributed by atoms with E-state index in [1.807, 2.05) is 54.6 Å². The number of thioether (sulfide) groups is 1. The maximum atomic E-state index is 5.89. The van der Waals surface area contributed by atoms with Crippen LogP contribution in [0.4, 0.5) is 11.4 Å². The third kappa shape index (κ3) is 19.8. The predicted octanol–water partition coefficient (Wildman–Crippen LogP) is 12.6. The number of unbranched alkanes of at least 4 members (excludes halogenated alkanes) is 17. The van der Waals surface area contributed by atoms with E-state index in [0.29, 0.717) is 0 Å². The summed E-state index contributed by atoms with van der Waals surface area (Å²) < 4.78 is 5.89. The molecule has 0 aliphatic heterocycles. The van der Waals surface area contributed by atoms with Gasteiger partial charge in [-0.2, -0.15) is 22.0 Å². The molecule has 2 rings (SSSR count). The fourth-order valence-corrected chi connectivity index (χ4v) is 5.77. The summed E-state index contributed by atoms with van der Waals surface area (Å²) >= 11 is 2.19. The summed E-state index contributed by atoms with van der Waals surface area (Å²) in [7, 11) is 0. The molecule has 0 saturated heterocycles. The number of hydrogen-bond donors (Lipinski definition) is 0. The Hall–Kier alpha value is -1.81. The molecule has 4 heteroatoms. The number of hydrogen-bond acceptors (Lipinski definition) is 4. The van der Waals surface area contributed by atoms with Gasteiger partial charge in [0.15, 0.2) is 0 Å². The number of azo groups is 1. The maximum Gasteiger partial charge on any atom is 0.119 e. The first-order valence-electron chi connectivity index (χ1n) is 16.2. The second-order valence-corrected chi connectivity index (χ2v) is 12.1. The Balaban J connectivity index is 1.28. The lowest BCUT2D eigenvalue weighted by molar-refractivity contribution is 0.304. The lowest BCUT2D eigenvalue weighted by atomic mass is 10.1. The third-order valence-electron chi connectivity index (χ3n) is 7.22. The Kier molecular flexibility index (Phi) is 21.6. The highest BCUT2D eigenvalue weighted by molar-refractivity contribution is 7.99. The zero-order valence-corrected chi connectivity index (χ0v) is 25.8. The quantitative estimate of drug-likeness (QED) is 0.0859. The van der Waals surface area contributed by atoms with Gasteiger partial charge in [0.25, 0.3) is 0 Å². The minimum absolute atomic E-state index is 0.793. The van der Waals surface area contributed by atoms with Gasteiger partial charge in [-0.3, -0.25) is 0 Å². The van der Waals surface area contributed by atoms with Crippen LogP contribution in [0.25, 0.3) is 0 Å². The van der Waals surface area contributed by atoms with Gasteiger partial charge in [0.05, 0.1) is 18.0 Å². The number of nitrogens with zero attached hydrogens (tertiary/aromatic N) is 2. The Labute approximate surface area is 245 Å². The smallest absolute Gasteiger partial charge is 0.119 e. The van der Waals surface area contributed by atoms with Crippen molar-refractivity contribution >= 4 is 23.1 Å². The molecule has 3 nitrogen and oxygen atoms in total. The van der Waals surface area contributed by atoms with Crippen LogP contribution in [0.3, 0.4) is 0 Å². The normalized spacial score (nSPS) is 11.4. The summed E-state index contributed by atoms with van der Waals surface area (Å²) in [5.74, 6) is 3.67. The van der Waals surface area contributed by atoms with Crippen LogP contribution in [0.2, 0.25) is 0 Å². The van der Waals surface area contributed by atoms with Gasteiger partial charge in [0, 0.05) is 0 Å². The molecule has 0 saturated carbocycles. The van der Waals surface area contributed by atoms with Gasteiger partial charge in [-0.15, -0.1) is 0 Å². The molecule has 0 amide bonds. The average Bonchev–Trinajstić information content (AvgIpc) is 2.97. The Morgan fingerprint density at radius 3 is 1.44 bits per heavy atom. The highest BCUT2D eigenvalue weighted by Gasteiger charge is 1.98. The second-order valence-electron chi connectivity index (χ2n) is 10.9. The molecular weight excluding hydrogens is 496 g/mol. The zero-order chi connectivity index (χ0) is 27.5. The summed E-state index contributed by atoms with van der Waals surface area (Å²) in [6.45, 7) is 3.09. The van der Waals surface area contributed by atoms with E-state index in [2.05, 4.69) is 28.9 Å². The van der Waals surface area contributed by atoms with Crippen LogP contribution in [0.5, 0.6) is 5.75 Å². The van der Waals surface area contributed by atoms with Gasteiger partial charge >= 0.3 is 0 Å². The molecule has 2 aromatic rings. The van der Waals surface area contributed by atoms with E-state index in [4.69, 9.17) is 4.74 Å². The van der Waals surface area contributed by atoms with Gasteiger partial charge in [-0.05, 0) is 67.2 Å². The van der Waals surface area contributed by atoms with Crippen molar-refractivity contribution in [3.05, 3.63) is 54.6 Å². The lowest BCUT2D eigenvalue weighted by Gasteiger charge is -2.06. The van der Waals surface area contributed by atoms with E-state index in [9.17, 15) is 0 Å². The standard InChI is InChI=1S/C35H56N2OS/c1-2-3-4-5-6-7-10-13-16-22-31-39-32-23-17-14-11-8-9-12-15-21-30-38-35-28-26-34(27-29-35)37-36-33-24-19-18-20-25-33/h18-20,24-29H,2-17,21-23,30-32H2,1H3. The monoisotopic (exact) mass is 552 g/mol. The van der Waals surface area contributed by atoms with Gasteiger partial charge < -0.3 is 4.74 Å². The van der Waals surface area contributed by atoms with E-state index in [-0.39, 0.29) is 0 Å². The van der Waals surface area contributed by atoms with Crippen molar-refractivity contribution < 1.29 is 4.74 Å². The third-order valence-corrected chi connectivity index (χ3v) is 8.37. The van der Waals surface area contributed by atoms with E-state index < -0.39 is 0 Å². The van der Waals surface area contributed by atoms with Crippen LogP contribution < -0.4 is 4.74 Å². The van der Waals surface area contributed by atoms with Crippen LogP contribution in [-0.2, 0) is 0 Å². The molecule has 218 valence electrons. The number of ether oxygens (including phenoxy) is 1. The zero-order valence-electron chi connectivity index (χ0n) is 25.0. The largest absolute Gasteiger partial charge is 0.494 e. The van der Waals surface area contributed by atoms with E-state index in [1.54, 1.807) is 0 Å². The Morgan fingerprint density at radius 1 is 0.487 bits per heavy atom. The van der Waals surface area contributed by atoms with Crippen molar-refractivity contribution in [1.82, 2.24) is 0 Å². The van der Waals surface area contributed by atoms with Crippen molar-refractivity contribution in [3.8, 4) is 5.75 Å². The maximum absolute atomic E-state index is 5.89. The summed E-state index contributed by atoms with van der Waals surface area (Å²) in [4.78, 5) is 0. The molecule has 0 bridgehead atoms. The molecule has 0 radical (unpaired) electrons. The fraction of sp³-hybridized carbons (Fsp3) is 0.657. The molecular formula is C35H56N2OS. The van der Waals surface area contributed by atoms with E-state index >= 15 is 0 Å². The minimum Gasteiger partial charge on any atom is -0.494 e. The topological polar surface area (TPSA) is 34.0 Å². The van der Waals surface area contributed by atoms with Gasteiger partial charge in [0.1, 0.15) is 5.75 Å². The first kappa shape index (κ1) is 33.4. The van der Waals surface area contributed by atoms with E-state index in [0.717, 1.165) is 30.2 Å². The van der Waals surface area contributed by atoms with Crippen LogP contribution in [0.15, 0.2) is 64.8 Å². The molecule has 2 aromatic carbocycles. The van der Waals surface area contributed by atoms with Crippen molar-refractivity contribution in [3.63, 3.8) is 0 Å². The SMILES string of the molecule is CCCCCCCCCCCCSCCCCCCCCCCCOc1ccc(N=Nc2ccccc2)cc1. The Morgan fingerprint density at radius 2 is 0.923 bits per heavy atom. The minimum atomic E-state index is 0.793. The average molecular weight is 553 g/mol. The fourth-order valence-electron chi connectivity index (χ4n) is 4.75.